The minimum Gasteiger partial charge on any atom is -0.383 e. The predicted molar refractivity (Wildman–Crippen MR) is 64.2 cm³/mol. The lowest BCUT2D eigenvalue weighted by Crippen LogP contribution is -2.38. The highest BCUT2D eigenvalue weighted by Gasteiger charge is 2.55. The van der Waals surface area contributed by atoms with E-state index >= 15 is 0 Å². The molecule has 2 aliphatic rings. The van der Waals surface area contributed by atoms with Crippen molar-refractivity contribution < 1.29 is 23.7 Å². The van der Waals surface area contributed by atoms with E-state index in [1.54, 1.807) is 14.2 Å². The normalized spacial score (nSPS) is 38.0. The van der Waals surface area contributed by atoms with Gasteiger partial charge in [0.15, 0.2) is 12.1 Å². The third-order valence-corrected chi connectivity index (χ3v) is 3.17. The highest BCUT2D eigenvalue weighted by Crippen LogP contribution is 2.38. The average molecular weight is 261 g/mol. The number of fused-ring (bicyclic) bond motifs is 1. The van der Waals surface area contributed by atoms with Crippen molar-refractivity contribution >= 4 is 0 Å². The molecule has 0 amide bonds. The van der Waals surface area contributed by atoms with E-state index in [1.165, 1.54) is 0 Å². The van der Waals surface area contributed by atoms with Crippen LogP contribution < -0.4 is 5.32 Å². The number of hydrogen-bond acceptors (Lipinski definition) is 6. The molecule has 18 heavy (non-hydrogen) atoms. The van der Waals surface area contributed by atoms with Gasteiger partial charge in [0, 0.05) is 27.3 Å². The van der Waals surface area contributed by atoms with Crippen molar-refractivity contribution in [1.82, 2.24) is 5.32 Å². The van der Waals surface area contributed by atoms with E-state index in [2.05, 4.69) is 5.32 Å². The van der Waals surface area contributed by atoms with Crippen LogP contribution in [-0.2, 0) is 23.7 Å². The molecule has 0 bridgehead atoms. The van der Waals surface area contributed by atoms with Gasteiger partial charge in [0.1, 0.15) is 18.3 Å². The molecular weight excluding hydrogens is 238 g/mol. The van der Waals surface area contributed by atoms with E-state index in [0.29, 0.717) is 13.2 Å². The molecule has 2 heterocycles. The van der Waals surface area contributed by atoms with Crippen molar-refractivity contribution in [3.63, 3.8) is 0 Å². The van der Waals surface area contributed by atoms with Crippen molar-refractivity contribution in [1.29, 1.82) is 0 Å². The third-order valence-electron chi connectivity index (χ3n) is 3.17. The Bertz CT molecular complexity index is 273. The van der Waals surface area contributed by atoms with Crippen molar-refractivity contribution in [2.45, 2.75) is 44.2 Å². The Balaban J connectivity index is 1.88. The fourth-order valence-electron chi connectivity index (χ4n) is 2.41. The van der Waals surface area contributed by atoms with Gasteiger partial charge >= 0.3 is 0 Å². The summed E-state index contributed by atoms with van der Waals surface area (Å²) in [5.41, 5.74) is 0. The van der Waals surface area contributed by atoms with Crippen molar-refractivity contribution in [3.05, 3.63) is 0 Å². The summed E-state index contributed by atoms with van der Waals surface area (Å²) in [7, 11) is 3.30. The monoisotopic (exact) mass is 261 g/mol. The van der Waals surface area contributed by atoms with Gasteiger partial charge in [-0.05, 0) is 13.8 Å². The molecule has 0 saturated carbocycles. The van der Waals surface area contributed by atoms with E-state index in [1.807, 2.05) is 13.8 Å². The Morgan fingerprint density at radius 1 is 1.17 bits per heavy atom. The molecule has 2 fully saturated rings. The molecule has 0 aromatic rings. The Morgan fingerprint density at radius 3 is 2.56 bits per heavy atom. The minimum absolute atomic E-state index is 0.0569. The van der Waals surface area contributed by atoms with Crippen LogP contribution in [-0.4, -0.2) is 64.3 Å². The lowest BCUT2D eigenvalue weighted by atomic mass is 10.1. The first-order valence-corrected chi connectivity index (χ1v) is 6.31. The maximum atomic E-state index is 5.88. The predicted octanol–water partition coefficient (Wildman–Crippen LogP) is 0.114. The number of methoxy groups -OCH3 is 2. The molecule has 106 valence electrons. The van der Waals surface area contributed by atoms with Gasteiger partial charge in [-0.3, -0.25) is 0 Å². The van der Waals surface area contributed by atoms with Crippen LogP contribution >= 0.6 is 0 Å². The van der Waals surface area contributed by atoms with Crippen LogP contribution in [0.2, 0.25) is 0 Å². The van der Waals surface area contributed by atoms with Crippen LogP contribution in [0.5, 0.6) is 0 Å². The Labute approximate surface area is 108 Å². The Morgan fingerprint density at radius 2 is 1.89 bits per heavy atom. The second-order valence-electron chi connectivity index (χ2n) is 5.04. The first kappa shape index (κ1) is 14.2. The molecule has 2 rings (SSSR count). The third kappa shape index (κ3) is 3.01. The molecule has 6 nitrogen and oxygen atoms in total. The van der Waals surface area contributed by atoms with Crippen molar-refractivity contribution in [3.8, 4) is 0 Å². The van der Waals surface area contributed by atoms with Crippen LogP contribution in [0.3, 0.4) is 0 Å². The quantitative estimate of drug-likeness (QED) is 0.685. The number of nitrogens with one attached hydrogen (secondary N) is 1. The van der Waals surface area contributed by atoms with Crippen LogP contribution in [0.1, 0.15) is 13.8 Å². The summed E-state index contributed by atoms with van der Waals surface area (Å²) >= 11 is 0. The van der Waals surface area contributed by atoms with Crippen molar-refractivity contribution in [2.24, 2.45) is 0 Å². The molecule has 4 atom stereocenters. The standard InChI is InChI=1S/C12H23NO5/c1-12(2)17-9-8(7-13-5-6-14-3)16-11(15-4)10(9)18-12/h8-11,13H,5-7H2,1-4H3/t8-,9-,10-,11-/m1/s1. The highest BCUT2D eigenvalue weighted by molar-refractivity contribution is 4.95. The molecule has 0 unspecified atom stereocenters. The van der Waals surface area contributed by atoms with E-state index in [0.717, 1.165) is 6.54 Å². The lowest BCUT2D eigenvalue weighted by Gasteiger charge is -2.23. The summed E-state index contributed by atoms with van der Waals surface area (Å²) in [6.07, 6.45) is -0.649. The SMILES string of the molecule is COCCNC[C@H]1O[C@@H](OC)[C@@H]2OC(C)(C)O[C@@H]21. The number of ether oxygens (including phenoxy) is 5. The van der Waals surface area contributed by atoms with Crippen molar-refractivity contribution in [2.75, 3.05) is 33.9 Å². The maximum Gasteiger partial charge on any atom is 0.186 e. The van der Waals surface area contributed by atoms with Gasteiger partial charge in [-0.25, -0.2) is 0 Å². The van der Waals surface area contributed by atoms with E-state index in [4.69, 9.17) is 23.7 Å². The zero-order valence-corrected chi connectivity index (χ0v) is 11.5. The lowest BCUT2D eigenvalue weighted by molar-refractivity contribution is -0.226. The summed E-state index contributed by atoms with van der Waals surface area (Å²) in [5, 5.41) is 3.27. The smallest absolute Gasteiger partial charge is 0.186 e. The summed E-state index contributed by atoms with van der Waals surface area (Å²) in [5.74, 6) is -0.569. The summed E-state index contributed by atoms with van der Waals surface area (Å²) in [6, 6.07) is 0. The molecule has 0 aromatic heterocycles. The maximum absolute atomic E-state index is 5.88. The van der Waals surface area contributed by atoms with Gasteiger partial charge in [-0.2, -0.15) is 0 Å². The van der Waals surface area contributed by atoms with Gasteiger partial charge in [0.25, 0.3) is 0 Å². The first-order valence-electron chi connectivity index (χ1n) is 6.31. The molecular formula is C12H23NO5. The van der Waals surface area contributed by atoms with Crippen LogP contribution in [0, 0.1) is 0 Å². The molecule has 0 aromatic carbocycles. The summed E-state index contributed by atoms with van der Waals surface area (Å²) in [6.45, 7) is 5.98. The Kier molecular flexibility index (Phi) is 4.58. The largest absolute Gasteiger partial charge is 0.383 e. The summed E-state index contributed by atoms with van der Waals surface area (Å²) < 4.78 is 27.7. The fraction of sp³-hybridized carbons (Fsp3) is 1.00. The fourth-order valence-corrected chi connectivity index (χ4v) is 2.41. The van der Waals surface area contributed by atoms with E-state index < -0.39 is 5.79 Å². The molecule has 1 N–H and O–H groups in total. The first-order chi connectivity index (χ1) is 8.57. The number of rotatable bonds is 6. The summed E-state index contributed by atoms with van der Waals surface area (Å²) in [4.78, 5) is 0. The van der Waals surface area contributed by atoms with Gasteiger partial charge in [-0.15, -0.1) is 0 Å². The van der Waals surface area contributed by atoms with Crippen LogP contribution in [0.25, 0.3) is 0 Å². The Hall–Kier alpha value is -0.240. The number of hydrogen-bond donors (Lipinski definition) is 1. The van der Waals surface area contributed by atoms with Gasteiger partial charge in [0.05, 0.1) is 6.61 Å². The molecule has 6 heteroatoms. The van der Waals surface area contributed by atoms with Gasteiger partial charge < -0.3 is 29.0 Å². The topological polar surface area (TPSA) is 58.2 Å². The molecule has 2 aliphatic heterocycles. The zero-order chi connectivity index (χ0) is 13.2. The van der Waals surface area contributed by atoms with Gasteiger partial charge in [-0.1, -0.05) is 0 Å². The zero-order valence-electron chi connectivity index (χ0n) is 11.5. The van der Waals surface area contributed by atoms with E-state index in [9.17, 15) is 0 Å². The van der Waals surface area contributed by atoms with Gasteiger partial charge in [0.2, 0.25) is 0 Å². The van der Waals surface area contributed by atoms with Crippen LogP contribution in [0.4, 0.5) is 0 Å². The van der Waals surface area contributed by atoms with E-state index in [-0.39, 0.29) is 24.6 Å². The molecule has 0 spiro atoms. The van der Waals surface area contributed by atoms with Crippen LogP contribution in [0.15, 0.2) is 0 Å². The second-order valence-corrected chi connectivity index (χ2v) is 5.04. The molecule has 0 aliphatic carbocycles. The molecule has 2 saturated heterocycles. The molecule has 0 radical (unpaired) electrons. The second kappa shape index (κ2) is 5.81. The minimum atomic E-state index is -0.569. The average Bonchev–Trinajstić information content (AvgIpc) is 2.78. The highest BCUT2D eigenvalue weighted by atomic mass is 16.8.